The second-order valence-electron chi connectivity index (χ2n) is 3.50. The minimum absolute atomic E-state index is 0.127. The van der Waals surface area contributed by atoms with E-state index >= 15 is 0 Å². The molecule has 1 aromatic rings. The molecule has 1 atom stereocenters. The van der Waals surface area contributed by atoms with Crippen molar-refractivity contribution in [2.45, 2.75) is 18.8 Å². The molecular weight excluding hydrogens is 224 g/mol. The zero-order chi connectivity index (χ0) is 12.7. The van der Waals surface area contributed by atoms with Crippen molar-refractivity contribution in [3.63, 3.8) is 0 Å². The Hall–Kier alpha value is -2.18. The van der Waals surface area contributed by atoms with Crippen LogP contribution in [-0.2, 0) is 9.53 Å². The topological polar surface area (TPSA) is 121 Å². The third-order valence-corrected chi connectivity index (χ3v) is 2.21. The molecule has 1 rings (SSSR count). The summed E-state index contributed by atoms with van der Waals surface area (Å²) in [5.41, 5.74) is 10.8. The molecule has 0 fully saturated rings. The van der Waals surface area contributed by atoms with E-state index in [1.807, 2.05) is 0 Å². The fourth-order valence-corrected chi connectivity index (χ4v) is 1.45. The van der Waals surface area contributed by atoms with Gasteiger partial charge in [0.15, 0.2) is 0 Å². The Kier molecular flexibility index (Phi) is 4.86. The number of carbonyl (C=O) groups is 2. The highest BCUT2D eigenvalue weighted by Gasteiger charge is 2.15. The van der Waals surface area contributed by atoms with Crippen LogP contribution in [0.3, 0.4) is 0 Å². The van der Waals surface area contributed by atoms with Crippen molar-refractivity contribution in [3.05, 3.63) is 24.3 Å². The maximum absolute atomic E-state index is 10.9. The second-order valence-corrected chi connectivity index (χ2v) is 3.50. The summed E-state index contributed by atoms with van der Waals surface area (Å²) < 4.78 is 4.62. The monoisotopic (exact) mass is 238 g/mol. The number of rotatable bonds is 6. The molecule has 0 saturated heterocycles. The maximum Gasteiger partial charge on any atom is 0.404 e. The van der Waals surface area contributed by atoms with Crippen LogP contribution in [-0.4, -0.2) is 28.6 Å². The van der Waals surface area contributed by atoms with Gasteiger partial charge in [-0.25, -0.2) is 14.8 Å². The Bertz CT molecular complexity index is 382. The standard InChI is InChI=1S/C10H14N4O3/c11-9(15)3-7(1-2-17-10(12)16)8-4-13-6-14-5-8/h4-7H,1-3H2,(H2,11,15)(H2,12,16). The van der Waals surface area contributed by atoms with E-state index in [1.165, 1.54) is 6.33 Å². The molecule has 0 aliphatic heterocycles. The van der Waals surface area contributed by atoms with Gasteiger partial charge in [0.1, 0.15) is 6.33 Å². The number of hydrogen-bond acceptors (Lipinski definition) is 5. The highest BCUT2D eigenvalue weighted by molar-refractivity contribution is 5.74. The Morgan fingerprint density at radius 1 is 1.29 bits per heavy atom. The molecule has 0 radical (unpaired) electrons. The van der Waals surface area contributed by atoms with Crippen LogP contribution in [0.5, 0.6) is 0 Å². The smallest absolute Gasteiger partial charge is 0.404 e. The lowest BCUT2D eigenvalue weighted by molar-refractivity contribution is -0.118. The molecule has 0 bridgehead atoms. The molecule has 1 unspecified atom stereocenters. The van der Waals surface area contributed by atoms with Gasteiger partial charge in [0, 0.05) is 18.8 Å². The molecule has 0 aliphatic carbocycles. The largest absolute Gasteiger partial charge is 0.450 e. The number of amides is 2. The van der Waals surface area contributed by atoms with Gasteiger partial charge in [0.2, 0.25) is 5.91 Å². The summed E-state index contributed by atoms with van der Waals surface area (Å²) in [6.07, 6.45) is 4.35. The quantitative estimate of drug-likeness (QED) is 0.717. The van der Waals surface area contributed by atoms with E-state index in [0.717, 1.165) is 5.56 Å². The predicted molar refractivity (Wildman–Crippen MR) is 58.7 cm³/mol. The first-order chi connectivity index (χ1) is 8.09. The summed E-state index contributed by atoms with van der Waals surface area (Å²) >= 11 is 0. The molecule has 7 heteroatoms. The van der Waals surface area contributed by atoms with Gasteiger partial charge < -0.3 is 16.2 Å². The van der Waals surface area contributed by atoms with E-state index in [1.54, 1.807) is 12.4 Å². The minimum atomic E-state index is -0.841. The van der Waals surface area contributed by atoms with Gasteiger partial charge in [-0.05, 0) is 17.9 Å². The number of nitrogens with zero attached hydrogens (tertiary/aromatic N) is 2. The second kappa shape index (κ2) is 6.41. The Morgan fingerprint density at radius 3 is 2.47 bits per heavy atom. The molecule has 2 amide bonds. The van der Waals surface area contributed by atoms with Crippen molar-refractivity contribution in [2.24, 2.45) is 11.5 Å². The van der Waals surface area contributed by atoms with E-state index in [2.05, 4.69) is 14.7 Å². The van der Waals surface area contributed by atoms with E-state index in [0.29, 0.717) is 6.42 Å². The van der Waals surface area contributed by atoms with Gasteiger partial charge >= 0.3 is 6.09 Å². The van der Waals surface area contributed by atoms with E-state index in [9.17, 15) is 9.59 Å². The van der Waals surface area contributed by atoms with E-state index < -0.39 is 12.0 Å². The molecule has 0 aromatic carbocycles. The average Bonchev–Trinajstić information content (AvgIpc) is 2.28. The molecule has 17 heavy (non-hydrogen) atoms. The van der Waals surface area contributed by atoms with Crippen LogP contribution >= 0.6 is 0 Å². The molecule has 1 aromatic heterocycles. The van der Waals surface area contributed by atoms with Gasteiger partial charge in [0.05, 0.1) is 6.61 Å². The number of hydrogen-bond donors (Lipinski definition) is 2. The zero-order valence-corrected chi connectivity index (χ0v) is 9.20. The number of primary amides is 2. The fraction of sp³-hybridized carbons (Fsp3) is 0.400. The van der Waals surface area contributed by atoms with Crippen LogP contribution < -0.4 is 11.5 Å². The number of carbonyl (C=O) groups excluding carboxylic acids is 2. The molecule has 0 spiro atoms. The van der Waals surface area contributed by atoms with E-state index in [-0.39, 0.29) is 18.9 Å². The summed E-state index contributed by atoms with van der Waals surface area (Å²) in [7, 11) is 0. The third-order valence-electron chi connectivity index (χ3n) is 2.21. The third kappa shape index (κ3) is 4.92. The van der Waals surface area contributed by atoms with Crippen molar-refractivity contribution >= 4 is 12.0 Å². The van der Waals surface area contributed by atoms with Crippen LogP contribution in [0.1, 0.15) is 24.3 Å². The Balaban J connectivity index is 2.61. The summed E-state index contributed by atoms with van der Waals surface area (Å²) in [6, 6.07) is 0. The minimum Gasteiger partial charge on any atom is -0.450 e. The van der Waals surface area contributed by atoms with Crippen molar-refractivity contribution in [1.29, 1.82) is 0 Å². The molecule has 0 saturated carbocycles. The van der Waals surface area contributed by atoms with Crippen LogP contribution in [0.2, 0.25) is 0 Å². The fourth-order valence-electron chi connectivity index (χ4n) is 1.45. The summed E-state index contributed by atoms with van der Waals surface area (Å²) in [5.74, 6) is -0.606. The highest BCUT2D eigenvalue weighted by Crippen LogP contribution is 2.21. The van der Waals surface area contributed by atoms with Gasteiger partial charge in [-0.1, -0.05) is 0 Å². The summed E-state index contributed by atoms with van der Waals surface area (Å²) in [5, 5.41) is 0. The number of ether oxygens (including phenoxy) is 1. The van der Waals surface area contributed by atoms with Gasteiger partial charge in [-0.15, -0.1) is 0 Å². The lowest BCUT2D eigenvalue weighted by Gasteiger charge is -2.14. The van der Waals surface area contributed by atoms with Crippen LogP contribution in [0, 0.1) is 0 Å². The molecule has 0 aliphatic rings. The maximum atomic E-state index is 10.9. The molecular formula is C10H14N4O3. The van der Waals surface area contributed by atoms with Gasteiger partial charge in [0.25, 0.3) is 0 Å². The lowest BCUT2D eigenvalue weighted by atomic mass is 9.95. The van der Waals surface area contributed by atoms with E-state index in [4.69, 9.17) is 11.5 Å². The summed E-state index contributed by atoms with van der Waals surface area (Å²) in [6.45, 7) is 0.127. The summed E-state index contributed by atoms with van der Waals surface area (Å²) in [4.78, 5) is 29.1. The van der Waals surface area contributed by atoms with Crippen molar-refractivity contribution in [1.82, 2.24) is 9.97 Å². The normalized spacial score (nSPS) is 11.8. The zero-order valence-electron chi connectivity index (χ0n) is 9.20. The van der Waals surface area contributed by atoms with Crippen LogP contribution in [0.15, 0.2) is 18.7 Å². The van der Waals surface area contributed by atoms with Crippen LogP contribution in [0.25, 0.3) is 0 Å². The first-order valence-corrected chi connectivity index (χ1v) is 5.05. The SMILES string of the molecule is NC(=O)CC(CCOC(N)=O)c1cncnc1. The molecule has 4 N–H and O–H groups in total. The van der Waals surface area contributed by atoms with Gasteiger partial charge in [-0.2, -0.15) is 0 Å². The Labute approximate surface area is 98.2 Å². The van der Waals surface area contributed by atoms with Crippen molar-refractivity contribution in [2.75, 3.05) is 6.61 Å². The molecule has 7 nitrogen and oxygen atoms in total. The first kappa shape index (κ1) is 12.9. The Morgan fingerprint density at radius 2 is 1.94 bits per heavy atom. The molecule has 1 heterocycles. The number of aromatic nitrogens is 2. The number of nitrogens with two attached hydrogens (primary N) is 2. The lowest BCUT2D eigenvalue weighted by Crippen LogP contribution is -2.19. The highest BCUT2D eigenvalue weighted by atomic mass is 16.5. The first-order valence-electron chi connectivity index (χ1n) is 5.05. The van der Waals surface area contributed by atoms with Crippen molar-refractivity contribution < 1.29 is 14.3 Å². The van der Waals surface area contributed by atoms with Gasteiger partial charge in [-0.3, -0.25) is 4.79 Å². The average molecular weight is 238 g/mol. The van der Waals surface area contributed by atoms with Crippen LogP contribution in [0.4, 0.5) is 4.79 Å². The molecule has 92 valence electrons. The predicted octanol–water partition coefficient (Wildman–Crippen LogP) is -0.0790. The van der Waals surface area contributed by atoms with Crippen molar-refractivity contribution in [3.8, 4) is 0 Å².